The van der Waals surface area contributed by atoms with E-state index >= 15 is 0 Å². The summed E-state index contributed by atoms with van der Waals surface area (Å²) < 4.78 is 53.2. The molecule has 2 aromatic heterocycles. The Morgan fingerprint density at radius 2 is 1.89 bits per heavy atom. The van der Waals surface area contributed by atoms with Crippen molar-refractivity contribution in [1.82, 2.24) is 35.4 Å². The van der Waals surface area contributed by atoms with Gasteiger partial charge in [-0.2, -0.15) is 0 Å². The number of hydrogen-bond acceptors (Lipinski definition) is 11. The first-order valence-corrected chi connectivity index (χ1v) is 20.5. The van der Waals surface area contributed by atoms with Crippen molar-refractivity contribution in [1.29, 1.82) is 0 Å². The van der Waals surface area contributed by atoms with Crippen molar-refractivity contribution in [2.24, 2.45) is 5.92 Å². The molecular weight excluding hydrogens is 734 g/mol. The summed E-state index contributed by atoms with van der Waals surface area (Å²) in [5, 5.41) is 9.52. The van der Waals surface area contributed by atoms with Gasteiger partial charge in [-0.1, -0.05) is 44.0 Å². The minimum atomic E-state index is -4.01. The van der Waals surface area contributed by atoms with Crippen molar-refractivity contribution in [3.8, 4) is 5.88 Å². The number of carbonyl (C=O) groups excluding carboxylic acids is 4. The summed E-state index contributed by atoms with van der Waals surface area (Å²) in [6.45, 7) is 5.20. The molecule has 0 radical (unpaired) electrons. The van der Waals surface area contributed by atoms with Gasteiger partial charge in [-0.25, -0.2) is 22.8 Å². The van der Waals surface area contributed by atoms with Gasteiger partial charge >= 0.3 is 0 Å². The first kappa shape index (κ1) is 38.3. The second-order valence-electron chi connectivity index (χ2n) is 15.2. The number of ether oxygens (including phenoxy) is 1. The molecule has 2 aliphatic heterocycles. The Balaban J connectivity index is 1.20. The van der Waals surface area contributed by atoms with Gasteiger partial charge in [-0.3, -0.25) is 23.9 Å². The monoisotopic (exact) mass is 779 g/mol. The number of sulfonamides is 1. The Hall–Kier alpha value is -4.93. The Morgan fingerprint density at radius 1 is 1.09 bits per heavy atom. The van der Waals surface area contributed by atoms with Crippen LogP contribution in [-0.4, -0.2) is 87.1 Å². The van der Waals surface area contributed by atoms with E-state index in [2.05, 4.69) is 30.5 Å². The van der Waals surface area contributed by atoms with Crippen molar-refractivity contribution < 1.29 is 41.2 Å². The molecule has 55 heavy (non-hydrogen) atoms. The molecule has 4 amide bonds. The molecule has 2 aliphatic carbocycles. The molecule has 17 heteroatoms. The van der Waals surface area contributed by atoms with Gasteiger partial charge < -0.3 is 24.8 Å². The van der Waals surface area contributed by atoms with Crippen LogP contribution in [0.4, 0.5) is 4.39 Å². The van der Waals surface area contributed by atoms with Crippen molar-refractivity contribution in [3.05, 3.63) is 59.4 Å². The maximum atomic E-state index is 14.6. The van der Waals surface area contributed by atoms with E-state index in [1.54, 1.807) is 6.92 Å². The minimum Gasteiger partial charge on any atom is -0.471 e. The molecule has 7 rings (SSSR count). The summed E-state index contributed by atoms with van der Waals surface area (Å²) in [7, 11) is -4.01. The van der Waals surface area contributed by atoms with Crippen molar-refractivity contribution in [2.45, 2.75) is 120 Å². The highest BCUT2D eigenvalue weighted by molar-refractivity contribution is 7.91. The van der Waals surface area contributed by atoms with Crippen LogP contribution in [0.1, 0.15) is 101 Å². The van der Waals surface area contributed by atoms with E-state index in [1.165, 1.54) is 29.2 Å². The summed E-state index contributed by atoms with van der Waals surface area (Å²) >= 11 is 0. The number of allylic oxidation sites excluding steroid dienone is 1. The molecule has 0 spiro atoms. The quantitative estimate of drug-likeness (QED) is 0.269. The summed E-state index contributed by atoms with van der Waals surface area (Å²) in [5.41, 5.74) is -0.293. The van der Waals surface area contributed by atoms with Crippen LogP contribution in [0, 0.1) is 11.7 Å². The zero-order valence-electron chi connectivity index (χ0n) is 31.1. The topological polar surface area (TPSA) is 203 Å². The number of amides is 4. The molecule has 1 unspecified atom stereocenters. The van der Waals surface area contributed by atoms with Gasteiger partial charge in [0.25, 0.3) is 11.8 Å². The predicted octanol–water partition coefficient (Wildman–Crippen LogP) is 3.42. The van der Waals surface area contributed by atoms with E-state index in [4.69, 9.17) is 9.26 Å². The molecule has 4 aliphatic rings. The summed E-state index contributed by atoms with van der Waals surface area (Å²) in [6, 6.07) is 3.34. The number of nitrogens with zero attached hydrogens (tertiary/aromatic N) is 4. The highest BCUT2D eigenvalue weighted by Gasteiger charge is 2.63. The molecule has 2 saturated carbocycles. The molecule has 0 bridgehead atoms. The second kappa shape index (κ2) is 15.0. The predicted molar refractivity (Wildman–Crippen MR) is 196 cm³/mol. The van der Waals surface area contributed by atoms with E-state index in [0.29, 0.717) is 55.5 Å². The Labute approximate surface area is 318 Å². The largest absolute Gasteiger partial charge is 0.471 e. The molecule has 3 fully saturated rings. The first-order valence-electron chi connectivity index (χ1n) is 19.0. The van der Waals surface area contributed by atoms with Gasteiger partial charge in [0.15, 0.2) is 5.69 Å². The average Bonchev–Trinajstić information content (AvgIpc) is 3.93. The van der Waals surface area contributed by atoms with Crippen LogP contribution < -0.4 is 20.1 Å². The molecule has 3 aromatic rings. The first-order chi connectivity index (χ1) is 26.3. The highest BCUT2D eigenvalue weighted by atomic mass is 32.2. The minimum absolute atomic E-state index is 0.0174. The van der Waals surface area contributed by atoms with Crippen LogP contribution in [0.2, 0.25) is 0 Å². The Kier molecular flexibility index (Phi) is 10.4. The Morgan fingerprint density at radius 3 is 2.62 bits per heavy atom. The smallest absolute Gasteiger partial charge is 0.274 e. The third-order valence-corrected chi connectivity index (χ3v) is 13.4. The van der Waals surface area contributed by atoms with Gasteiger partial charge in [0.05, 0.1) is 22.3 Å². The van der Waals surface area contributed by atoms with E-state index in [1.807, 2.05) is 26.0 Å². The number of hydrogen-bond donors (Lipinski definition) is 3. The molecule has 1 saturated heterocycles. The lowest BCUT2D eigenvalue weighted by Crippen LogP contribution is -2.58. The lowest BCUT2D eigenvalue weighted by molar-refractivity contribution is -0.141. The second-order valence-corrected chi connectivity index (χ2v) is 17.4. The van der Waals surface area contributed by atoms with Crippen LogP contribution >= 0.6 is 0 Å². The van der Waals surface area contributed by atoms with Crippen LogP contribution in [-0.2, 0) is 37.2 Å². The molecule has 5 atom stereocenters. The fourth-order valence-corrected chi connectivity index (χ4v) is 8.61. The number of fused-ring (bicyclic) bond motifs is 3. The number of carbonyl (C=O) groups is 4. The highest BCUT2D eigenvalue weighted by Crippen LogP contribution is 2.47. The third-order valence-electron chi connectivity index (χ3n) is 11.2. The number of halogens is 1. The molecule has 294 valence electrons. The maximum Gasteiger partial charge on any atom is 0.274 e. The zero-order chi connectivity index (χ0) is 39.1. The fraction of sp³-hybridized carbons (Fsp3) is 0.553. The van der Waals surface area contributed by atoms with E-state index in [9.17, 15) is 32.0 Å². The molecule has 1 aromatic carbocycles. The number of aryl methyl sites for hydroxylation is 2. The van der Waals surface area contributed by atoms with Gasteiger partial charge in [0.1, 0.15) is 41.0 Å². The van der Waals surface area contributed by atoms with Crippen molar-refractivity contribution in [3.63, 3.8) is 0 Å². The van der Waals surface area contributed by atoms with Crippen LogP contribution in [0.25, 0.3) is 11.0 Å². The molecule has 15 nitrogen and oxygen atoms in total. The number of benzene rings is 1. The van der Waals surface area contributed by atoms with Gasteiger partial charge in [0, 0.05) is 30.9 Å². The van der Waals surface area contributed by atoms with Gasteiger partial charge in [-0.05, 0) is 64.0 Å². The molecule has 4 heterocycles. The van der Waals surface area contributed by atoms with E-state index in [-0.39, 0.29) is 42.9 Å². The SMILES string of the molecule is CCc1cc(C(=O)N[C@H]2CCCCC/C=C\C3C[C@@]3(C(=O)NS(=O)(=O)C3(C)CC3)NC(=O)[C@@H]3C[C@@H](Oc4nc5cc(F)ccc5nc4CC)CN3C2=O)no1. The van der Waals surface area contributed by atoms with Crippen LogP contribution in [0.5, 0.6) is 5.88 Å². The normalized spacial score (nSPS) is 27.2. The van der Waals surface area contributed by atoms with Crippen LogP contribution in [0.15, 0.2) is 40.9 Å². The number of rotatable bonds is 9. The molecular formula is C38H46FN7O8S. The van der Waals surface area contributed by atoms with E-state index < -0.39 is 73.9 Å². The van der Waals surface area contributed by atoms with E-state index in [0.717, 1.165) is 12.8 Å². The number of aromatic nitrogens is 3. The summed E-state index contributed by atoms with van der Waals surface area (Å²) in [5.74, 6) is -2.98. The van der Waals surface area contributed by atoms with Crippen molar-refractivity contribution >= 4 is 44.7 Å². The number of nitrogens with one attached hydrogen (secondary N) is 3. The van der Waals surface area contributed by atoms with Gasteiger partial charge in [-0.15, -0.1) is 0 Å². The fourth-order valence-electron chi connectivity index (χ4n) is 7.30. The van der Waals surface area contributed by atoms with Crippen LogP contribution in [0.3, 0.4) is 0 Å². The lowest BCUT2D eigenvalue weighted by atomic mass is 10.0. The zero-order valence-corrected chi connectivity index (χ0v) is 31.9. The third kappa shape index (κ3) is 7.80. The average molecular weight is 780 g/mol. The Bertz CT molecular complexity index is 2150. The van der Waals surface area contributed by atoms with Gasteiger partial charge in [0.2, 0.25) is 27.7 Å². The summed E-state index contributed by atoms with van der Waals surface area (Å²) in [4.78, 5) is 66.7. The standard InChI is InChI=1S/C38H46FN7O8S/c1-4-24-18-30(44-54-24)32(47)41-28-12-10-8-6-7-9-11-22-20-38(22,36(50)45-55(51,52)37(3)15-16-37)43-33(48)31-19-25(21-46(31)35(28)49)53-34-26(5-2)40-27-14-13-23(39)17-29(27)42-34/h9,11,13-14,17-18,22,25,28,31H,4-8,10,12,15-16,19-21H2,1-3H3,(H,41,47)(H,43,48)(H,45,50)/b11-9-/t22?,25-,28+,31+,38-/m1/s1. The summed E-state index contributed by atoms with van der Waals surface area (Å²) in [6.07, 6.45) is 7.93. The van der Waals surface area contributed by atoms with Crippen molar-refractivity contribution in [2.75, 3.05) is 6.54 Å². The maximum absolute atomic E-state index is 14.6. The lowest BCUT2D eigenvalue weighted by Gasteiger charge is -2.30. The molecule has 3 N–H and O–H groups in total.